The molecule has 3 rings (SSSR count). The molecule has 8 heteroatoms. The van der Waals surface area contributed by atoms with Crippen LogP contribution in [-0.4, -0.2) is 47.6 Å². The van der Waals surface area contributed by atoms with Gasteiger partial charge in [0.2, 0.25) is 0 Å². The number of carbonyl (C=O) groups is 1. The van der Waals surface area contributed by atoms with Crippen molar-refractivity contribution in [2.45, 2.75) is 32.9 Å². The Kier molecular flexibility index (Phi) is 5.43. The van der Waals surface area contributed by atoms with E-state index in [2.05, 4.69) is 27.7 Å². The summed E-state index contributed by atoms with van der Waals surface area (Å²) < 4.78 is 26.5. The molecule has 2 aromatic rings. The largest absolute Gasteiger partial charge is 0.337 e. The van der Waals surface area contributed by atoms with Gasteiger partial charge in [-0.15, -0.1) is 0 Å². The van der Waals surface area contributed by atoms with E-state index in [-0.39, 0.29) is 23.5 Å². The number of carbonyl (C=O) groups excluding carboxylic acids is 1. The summed E-state index contributed by atoms with van der Waals surface area (Å²) in [6.45, 7) is 4.30. The van der Waals surface area contributed by atoms with Gasteiger partial charge in [0.1, 0.15) is 0 Å². The van der Waals surface area contributed by atoms with Gasteiger partial charge < -0.3 is 4.90 Å². The van der Waals surface area contributed by atoms with Gasteiger partial charge in [0.15, 0.2) is 9.84 Å². The summed E-state index contributed by atoms with van der Waals surface area (Å²) in [6.07, 6.45) is 0.598. The van der Waals surface area contributed by atoms with Crippen molar-refractivity contribution in [2.75, 3.05) is 18.6 Å². The van der Waals surface area contributed by atoms with Gasteiger partial charge in [0.05, 0.1) is 23.2 Å². The maximum Gasteiger partial charge on any atom is 0.253 e. The van der Waals surface area contributed by atoms with E-state index >= 15 is 0 Å². The normalized spacial score (nSPS) is 18.8. The van der Waals surface area contributed by atoms with Crippen molar-refractivity contribution in [3.8, 4) is 0 Å². The van der Waals surface area contributed by atoms with E-state index in [0.29, 0.717) is 18.5 Å². The van der Waals surface area contributed by atoms with Crippen LogP contribution in [0.5, 0.6) is 0 Å². The van der Waals surface area contributed by atoms with E-state index in [4.69, 9.17) is 0 Å². The van der Waals surface area contributed by atoms with Gasteiger partial charge in [-0.05, 0) is 67.1 Å². The van der Waals surface area contributed by atoms with Gasteiger partial charge in [-0.1, -0.05) is 0 Å². The first kappa shape index (κ1) is 19.3. The molecule has 1 aliphatic heterocycles. The smallest absolute Gasteiger partial charge is 0.253 e. The highest BCUT2D eigenvalue weighted by atomic mass is 127. The average Bonchev–Trinajstić information content (AvgIpc) is 3.08. The third kappa shape index (κ3) is 3.95. The van der Waals surface area contributed by atoms with Crippen LogP contribution in [0.2, 0.25) is 0 Å². The van der Waals surface area contributed by atoms with Crippen LogP contribution in [0.15, 0.2) is 24.3 Å². The van der Waals surface area contributed by atoms with Crippen LogP contribution in [0.3, 0.4) is 0 Å². The van der Waals surface area contributed by atoms with E-state index in [9.17, 15) is 13.2 Å². The van der Waals surface area contributed by atoms with Gasteiger partial charge in [0.25, 0.3) is 5.91 Å². The minimum Gasteiger partial charge on any atom is -0.337 e. The minimum absolute atomic E-state index is 0.0450. The molecule has 1 amide bonds. The third-order valence-corrected chi connectivity index (χ3v) is 7.33. The SMILES string of the molecule is Cc1nn(C2CCS(=O)(=O)C2)c(C)c1CN(C)C(=O)c1ccc(I)cc1. The van der Waals surface area contributed by atoms with Crippen molar-refractivity contribution in [1.82, 2.24) is 14.7 Å². The van der Waals surface area contributed by atoms with Crippen molar-refractivity contribution in [1.29, 1.82) is 0 Å². The van der Waals surface area contributed by atoms with Crippen LogP contribution in [0.4, 0.5) is 0 Å². The summed E-state index contributed by atoms with van der Waals surface area (Å²) in [5.41, 5.74) is 3.41. The molecular formula is C18H22IN3O3S. The zero-order chi connectivity index (χ0) is 19.1. The second kappa shape index (κ2) is 7.30. The fourth-order valence-corrected chi connectivity index (χ4v) is 5.42. The maximum absolute atomic E-state index is 12.6. The number of hydrogen-bond acceptors (Lipinski definition) is 4. The molecule has 140 valence electrons. The molecule has 26 heavy (non-hydrogen) atoms. The van der Waals surface area contributed by atoms with Gasteiger partial charge in [0, 0.05) is 34.0 Å². The standard InChI is InChI=1S/C18H22IN3O3S/c1-12-17(10-21(3)18(23)14-4-6-15(19)7-5-14)13(2)22(20-12)16-8-9-26(24,25)11-16/h4-7,16H,8-11H2,1-3H3. The summed E-state index contributed by atoms with van der Waals surface area (Å²) in [7, 11) is -1.19. The van der Waals surface area contributed by atoms with E-state index in [1.54, 1.807) is 11.9 Å². The molecule has 0 aliphatic carbocycles. The predicted molar refractivity (Wildman–Crippen MR) is 109 cm³/mol. The molecule has 0 N–H and O–H groups in total. The van der Waals surface area contributed by atoms with Crippen LogP contribution in [0.25, 0.3) is 0 Å². The van der Waals surface area contributed by atoms with Crippen molar-refractivity contribution in [3.63, 3.8) is 0 Å². The molecule has 0 radical (unpaired) electrons. The summed E-state index contributed by atoms with van der Waals surface area (Å²) in [6, 6.07) is 7.37. The third-order valence-electron chi connectivity index (χ3n) is 4.86. The van der Waals surface area contributed by atoms with Crippen molar-refractivity contribution < 1.29 is 13.2 Å². The molecule has 2 heterocycles. The van der Waals surface area contributed by atoms with E-state index in [1.165, 1.54) is 0 Å². The Balaban J connectivity index is 1.79. The van der Waals surface area contributed by atoms with Crippen molar-refractivity contribution in [3.05, 3.63) is 50.4 Å². The summed E-state index contributed by atoms with van der Waals surface area (Å²) in [4.78, 5) is 14.3. The lowest BCUT2D eigenvalue weighted by atomic mass is 10.1. The molecule has 1 aromatic heterocycles. The fraction of sp³-hybridized carbons (Fsp3) is 0.444. The summed E-state index contributed by atoms with van der Waals surface area (Å²) >= 11 is 2.21. The van der Waals surface area contributed by atoms with Crippen molar-refractivity contribution >= 4 is 38.3 Å². The molecule has 0 bridgehead atoms. The molecule has 1 unspecified atom stereocenters. The van der Waals surface area contributed by atoms with Gasteiger partial charge in [-0.3, -0.25) is 9.48 Å². The number of rotatable bonds is 4. The molecule has 1 saturated heterocycles. The van der Waals surface area contributed by atoms with Gasteiger partial charge in [-0.25, -0.2) is 8.42 Å². The number of hydrogen-bond donors (Lipinski definition) is 0. The second-order valence-electron chi connectivity index (χ2n) is 6.82. The summed E-state index contributed by atoms with van der Waals surface area (Å²) in [5.74, 6) is 0.318. The van der Waals surface area contributed by atoms with Gasteiger partial charge >= 0.3 is 0 Å². The van der Waals surface area contributed by atoms with Crippen LogP contribution in [0.1, 0.15) is 39.8 Å². The predicted octanol–water partition coefficient (Wildman–Crippen LogP) is 2.74. The van der Waals surface area contributed by atoms with Crippen LogP contribution < -0.4 is 0 Å². The highest BCUT2D eigenvalue weighted by molar-refractivity contribution is 14.1. The number of aryl methyl sites for hydroxylation is 1. The number of aromatic nitrogens is 2. The molecule has 1 fully saturated rings. The maximum atomic E-state index is 12.6. The number of sulfone groups is 1. The highest BCUT2D eigenvalue weighted by Gasteiger charge is 2.31. The lowest BCUT2D eigenvalue weighted by Crippen LogP contribution is -2.26. The molecule has 0 spiro atoms. The Morgan fingerprint density at radius 2 is 1.96 bits per heavy atom. The average molecular weight is 487 g/mol. The van der Waals surface area contributed by atoms with Crippen molar-refractivity contribution in [2.24, 2.45) is 0 Å². The fourth-order valence-electron chi connectivity index (χ4n) is 3.37. The number of halogens is 1. The lowest BCUT2D eigenvalue weighted by Gasteiger charge is -2.18. The molecule has 6 nitrogen and oxygen atoms in total. The Morgan fingerprint density at radius 3 is 2.54 bits per heavy atom. The minimum atomic E-state index is -2.97. The molecule has 1 aliphatic rings. The second-order valence-corrected chi connectivity index (χ2v) is 10.3. The molecule has 0 saturated carbocycles. The first-order valence-corrected chi connectivity index (χ1v) is 11.3. The number of amides is 1. The van der Waals surface area contributed by atoms with Crippen LogP contribution in [0, 0.1) is 17.4 Å². The topological polar surface area (TPSA) is 72.3 Å². The molecule has 1 aromatic carbocycles. The Morgan fingerprint density at radius 1 is 1.31 bits per heavy atom. The Labute approximate surface area is 167 Å². The monoisotopic (exact) mass is 487 g/mol. The summed E-state index contributed by atoms with van der Waals surface area (Å²) in [5, 5.41) is 4.57. The highest BCUT2D eigenvalue weighted by Crippen LogP contribution is 2.27. The van der Waals surface area contributed by atoms with Crippen LogP contribution >= 0.6 is 22.6 Å². The number of nitrogens with zero attached hydrogens (tertiary/aromatic N) is 3. The quantitative estimate of drug-likeness (QED) is 0.622. The lowest BCUT2D eigenvalue weighted by molar-refractivity contribution is 0.0784. The Bertz CT molecular complexity index is 935. The first-order valence-electron chi connectivity index (χ1n) is 8.44. The van der Waals surface area contributed by atoms with E-state index in [1.807, 2.05) is 42.8 Å². The Hall–Kier alpha value is -1.42. The molecular weight excluding hydrogens is 465 g/mol. The molecule has 1 atom stereocenters. The number of benzene rings is 1. The van der Waals surface area contributed by atoms with Gasteiger partial charge in [-0.2, -0.15) is 5.10 Å². The van der Waals surface area contributed by atoms with E-state index < -0.39 is 9.84 Å². The van der Waals surface area contributed by atoms with Crippen LogP contribution in [-0.2, 0) is 16.4 Å². The zero-order valence-corrected chi connectivity index (χ0v) is 18.0. The van der Waals surface area contributed by atoms with E-state index in [0.717, 1.165) is 20.5 Å². The first-order chi connectivity index (χ1) is 12.2. The zero-order valence-electron chi connectivity index (χ0n) is 15.1.